The average Bonchev–Trinajstić information content (AvgIpc) is 2.50. The Kier molecular flexibility index (Phi) is 3.91. The highest BCUT2D eigenvalue weighted by molar-refractivity contribution is 5.88. The fourth-order valence-corrected chi connectivity index (χ4v) is 0.894. The quantitative estimate of drug-likeness (QED) is 0.802. The van der Waals surface area contributed by atoms with Gasteiger partial charge in [-0.25, -0.2) is 4.79 Å². The summed E-state index contributed by atoms with van der Waals surface area (Å²) in [4.78, 5) is 11.2. The molecule has 0 atom stereocenters. The minimum atomic E-state index is -0.333. The van der Waals surface area contributed by atoms with E-state index in [1.807, 2.05) is 19.9 Å². The van der Waals surface area contributed by atoms with Crippen LogP contribution in [-0.2, 0) is 0 Å². The number of aryl methyl sites for hydroxylation is 1. The molecule has 0 aliphatic rings. The first-order chi connectivity index (χ1) is 7.08. The molecule has 15 heavy (non-hydrogen) atoms. The first-order valence-corrected chi connectivity index (χ1v) is 4.75. The zero-order valence-corrected chi connectivity index (χ0v) is 9.07. The molecule has 0 aliphatic heterocycles. The maximum absolute atomic E-state index is 11.2. The van der Waals surface area contributed by atoms with Gasteiger partial charge in [0.05, 0.1) is 0 Å². The van der Waals surface area contributed by atoms with Crippen molar-refractivity contribution in [3.05, 3.63) is 24.1 Å². The number of nitrogens with zero attached hydrogens (tertiary/aromatic N) is 1. The van der Waals surface area contributed by atoms with Crippen molar-refractivity contribution in [1.29, 1.82) is 0 Å². The fourth-order valence-electron chi connectivity index (χ4n) is 0.894. The lowest BCUT2D eigenvalue weighted by atomic mass is 10.2. The first-order valence-electron chi connectivity index (χ1n) is 4.75. The number of allylic oxidation sites excluding steroid dienone is 1. The van der Waals surface area contributed by atoms with Gasteiger partial charge in [-0.1, -0.05) is 25.1 Å². The SMILES string of the molecule is Cc1cc(NC(=O)N/C=C/C(C)C)no1. The molecule has 0 spiro atoms. The van der Waals surface area contributed by atoms with Crippen LogP contribution in [-0.4, -0.2) is 11.2 Å². The van der Waals surface area contributed by atoms with E-state index in [1.54, 1.807) is 19.2 Å². The number of hydrogen-bond acceptors (Lipinski definition) is 3. The van der Waals surface area contributed by atoms with Crippen molar-refractivity contribution < 1.29 is 9.32 Å². The Hall–Kier alpha value is -1.78. The fraction of sp³-hybridized carbons (Fsp3) is 0.400. The molecule has 0 unspecified atom stereocenters. The van der Waals surface area contributed by atoms with Gasteiger partial charge in [0.1, 0.15) is 5.76 Å². The Morgan fingerprint density at radius 1 is 1.60 bits per heavy atom. The number of anilines is 1. The van der Waals surface area contributed by atoms with E-state index in [9.17, 15) is 4.79 Å². The minimum Gasteiger partial charge on any atom is -0.360 e. The van der Waals surface area contributed by atoms with Crippen LogP contribution < -0.4 is 10.6 Å². The van der Waals surface area contributed by atoms with Gasteiger partial charge >= 0.3 is 6.03 Å². The number of aromatic nitrogens is 1. The second kappa shape index (κ2) is 5.19. The highest BCUT2D eigenvalue weighted by atomic mass is 16.5. The van der Waals surface area contributed by atoms with Gasteiger partial charge in [-0.15, -0.1) is 0 Å². The molecule has 5 heteroatoms. The molecule has 1 rings (SSSR count). The number of amides is 2. The van der Waals surface area contributed by atoms with Crippen LogP contribution in [0.5, 0.6) is 0 Å². The molecule has 1 aromatic rings. The monoisotopic (exact) mass is 209 g/mol. The van der Waals surface area contributed by atoms with Crippen LogP contribution in [0.25, 0.3) is 0 Å². The maximum atomic E-state index is 11.2. The van der Waals surface area contributed by atoms with Gasteiger partial charge in [-0.3, -0.25) is 5.32 Å². The molecule has 1 aromatic heterocycles. The standard InChI is InChI=1S/C10H15N3O2/c1-7(2)4-5-11-10(14)12-9-6-8(3)15-13-9/h4-7H,1-3H3,(H2,11,12,13,14)/b5-4+. The van der Waals surface area contributed by atoms with Gasteiger partial charge in [-0.2, -0.15) is 0 Å². The van der Waals surface area contributed by atoms with Crippen molar-refractivity contribution in [2.75, 3.05) is 5.32 Å². The lowest BCUT2D eigenvalue weighted by Gasteiger charge is -2.00. The lowest BCUT2D eigenvalue weighted by Crippen LogP contribution is -2.24. The average molecular weight is 209 g/mol. The normalized spacial score (nSPS) is 10.9. The molecule has 0 aromatic carbocycles. The number of rotatable bonds is 3. The molecule has 0 fully saturated rings. The van der Waals surface area contributed by atoms with Gasteiger partial charge < -0.3 is 9.84 Å². The molecule has 2 amide bonds. The van der Waals surface area contributed by atoms with Crippen molar-refractivity contribution in [1.82, 2.24) is 10.5 Å². The van der Waals surface area contributed by atoms with Crippen LogP contribution in [0.15, 0.2) is 22.9 Å². The third-order valence-corrected chi connectivity index (χ3v) is 1.57. The lowest BCUT2D eigenvalue weighted by molar-refractivity contribution is 0.254. The smallest absolute Gasteiger partial charge is 0.324 e. The summed E-state index contributed by atoms with van der Waals surface area (Å²) in [7, 11) is 0. The summed E-state index contributed by atoms with van der Waals surface area (Å²) in [6, 6.07) is 1.31. The topological polar surface area (TPSA) is 67.2 Å². The highest BCUT2D eigenvalue weighted by Gasteiger charge is 2.03. The molecule has 2 N–H and O–H groups in total. The summed E-state index contributed by atoms with van der Waals surface area (Å²) in [6.45, 7) is 5.81. The van der Waals surface area contributed by atoms with Crippen molar-refractivity contribution in [2.45, 2.75) is 20.8 Å². The van der Waals surface area contributed by atoms with Crippen LogP contribution in [0.2, 0.25) is 0 Å². The third kappa shape index (κ3) is 4.30. The van der Waals surface area contributed by atoms with E-state index in [0.29, 0.717) is 17.5 Å². The Morgan fingerprint density at radius 3 is 2.87 bits per heavy atom. The maximum Gasteiger partial charge on any atom is 0.324 e. The van der Waals surface area contributed by atoms with Gasteiger partial charge in [0.25, 0.3) is 0 Å². The summed E-state index contributed by atoms with van der Waals surface area (Å²) >= 11 is 0. The van der Waals surface area contributed by atoms with Gasteiger partial charge in [0, 0.05) is 12.3 Å². The van der Waals surface area contributed by atoms with E-state index < -0.39 is 0 Å². The van der Waals surface area contributed by atoms with Crippen LogP contribution in [0.3, 0.4) is 0 Å². The summed E-state index contributed by atoms with van der Waals surface area (Å²) < 4.78 is 4.80. The molecule has 0 aliphatic carbocycles. The second-order valence-electron chi connectivity index (χ2n) is 3.52. The predicted octanol–water partition coefficient (Wildman–Crippen LogP) is 2.27. The Bertz CT molecular complexity index is 355. The molecule has 0 bridgehead atoms. The predicted molar refractivity (Wildman–Crippen MR) is 57.4 cm³/mol. The van der Waals surface area contributed by atoms with Gasteiger partial charge in [0.15, 0.2) is 5.82 Å². The van der Waals surface area contributed by atoms with E-state index >= 15 is 0 Å². The van der Waals surface area contributed by atoms with E-state index in [2.05, 4.69) is 15.8 Å². The molecule has 82 valence electrons. The second-order valence-corrected chi connectivity index (χ2v) is 3.52. The molecule has 1 heterocycles. The largest absolute Gasteiger partial charge is 0.360 e. The molecule has 5 nitrogen and oxygen atoms in total. The van der Waals surface area contributed by atoms with Crippen molar-refractivity contribution >= 4 is 11.8 Å². The van der Waals surface area contributed by atoms with Crippen molar-refractivity contribution in [2.24, 2.45) is 5.92 Å². The summed E-state index contributed by atoms with van der Waals surface area (Å²) in [6.07, 6.45) is 3.49. The number of carbonyl (C=O) groups is 1. The van der Waals surface area contributed by atoms with Crippen LogP contribution in [0.4, 0.5) is 10.6 Å². The number of urea groups is 1. The first kappa shape index (κ1) is 11.3. The Balaban J connectivity index is 2.36. The minimum absolute atomic E-state index is 0.333. The molecule has 0 saturated heterocycles. The van der Waals surface area contributed by atoms with Crippen LogP contribution in [0.1, 0.15) is 19.6 Å². The van der Waals surface area contributed by atoms with E-state index in [0.717, 1.165) is 0 Å². The van der Waals surface area contributed by atoms with Gasteiger partial charge in [-0.05, 0) is 12.8 Å². The Morgan fingerprint density at radius 2 is 2.33 bits per heavy atom. The molecular weight excluding hydrogens is 194 g/mol. The van der Waals surface area contributed by atoms with E-state index in [4.69, 9.17) is 4.52 Å². The highest BCUT2D eigenvalue weighted by Crippen LogP contribution is 2.06. The van der Waals surface area contributed by atoms with Crippen LogP contribution in [0, 0.1) is 12.8 Å². The zero-order chi connectivity index (χ0) is 11.3. The number of carbonyl (C=O) groups excluding carboxylic acids is 1. The molecule has 0 saturated carbocycles. The van der Waals surface area contributed by atoms with Crippen LogP contribution >= 0.6 is 0 Å². The van der Waals surface area contributed by atoms with Gasteiger partial charge in [0.2, 0.25) is 0 Å². The van der Waals surface area contributed by atoms with Crippen molar-refractivity contribution in [3.8, 4) is 0 Å². The Labute approximate surface area is 88.5 Å². The number of nitrogens with one attached hydrogen (secondary N) is 2. The molecule has 0 radical (unpaired) electrons. The van der Waals surface area contributed by atoms with E-state index in [1.165, 1.54) is 0 Å². The van der Waals surface area contributed by atoms with Crippen molar-refractivity contribution in [3.63, 3.8) is 0 Å². The number of hydrogen-bond donors (Lipinski definition) is 2. The summed E-state index contributed by atoms with van der Waals surface area (Å²) in [5, 5.41) is 8.72. The zero-order valence-electron chi connectivity index (χ0n) is 9.07. The summed E-state index contributed by atoms with van der Waals surface area (Å²) in [5.41, 5.74) is 0. The molecular formula is C10H15N3O2. The third-order valence-electron chi connectivity index (χ3n) is 1.57. The summed E-state index contributed by atoms with van der Waals surface area (Å²) in [5.74, 6) is 1.46. The van der Waals surface area contributed by atoms with E-state index in [-0.39, 0.29) is 6.03 Å².